The first kappa shape index (κ1) is 50.0. The molecule has 2 unspecified atom stereocenters. The van der Waals surface area contributed by atoms with E-state index < -0.39 is 39.0 Å². The summed E-state index contributed by atoms with van der Waals surface area (Å²) >= 11 is 0. The third-order valence-electron chi connectivity index (χ3n) is 30.8. The van der Waals surface area contributed by atoms with Crippen molar-refractivity contribution in [2.24, 2.45) is 5.41 Å². The lowest BCUT2D eigenvalue weighted by Crippen LogP contribution is -3.00. The third-order valence-corrected chi connectivity index (χ3v) is 30.8. The molecule has 0 bridgehead atoms. The Morgan fingerprint density at radius 2 is 0.520 bits per heavy atom. The lowest BCUT2D eigenvalue weighted by Gasteiger charge is -2.49. The molecule has 2 atom stereocenters. The number of rotatable bonds is 28. The van der Waals surface area contributed by atoms with Crippen molar-refractivity contribution in [3.63, 3.8) is 0 Å². The summed E-state index contributed by atoms with van der Waals surface area (Å²) in [6.45, 7) is 9.05. The minimum absolute atomic E-state index is 0. The standard InChI is InChI=1S/C85H48N2O12.ClH/c1-90-7-9-94-13-15-96-17-19-98-79(88)85(80(89)99-20-18-97-16-14-95-10-8-91-2)83-75-63-53-42-32-25-23-24-26-31(25)44(53)54-43-33(26)30-35-28(24)37-36-27(23)34-29(32)38-45-49-40(34)47(36)57-58-48(37)41(35)50-46-39(30)52(43)66-68-56(46)62-60(50)72(58)81-21-87(4-6-93-12-11-92-5-3-86)22-82(81)73-61(59(49)71(57)81)55(45)67(65(75)51(38)42)77(83)69(73)70(74(62)82)78(68)84(83,85)76(66)64(54)63;/h3-22,86H2,1-2H3;1H. The van der Waals surface area contributed by atoms with E-state index in [1.165, 1.54) is 260 Å². The Kier molecular flexibility index (Phi) is 6.95. The van der Waals surface area contributed by atoms with Crippen molar-refractivity contribution in [3.8, 4) is 11.1 Å². The SMILES string of the molecule is COCCOCCOCCOC(=O)C1(C(=O)OCCOCCOCCOC)C23c4c5c6c7c8c9c%10c%11c%12c%13c%14c(c-5c5c%15c%16c(c%17c%18c2c2c4c7c4c8c7c%10c8c%10c%11c%11c%13c(c%14%15)c%13c%16c%14c%17c%15c%18c%16c2c4c2c7c8c4c(c%162)c%15c2c%14c%13c%11c%10c24)C513)C61CN(CCOCCOCC[NH3+])CC9%121.[Cl-]. The average Bonchev–Trinajstić information content (AvgIpc) is 1.35. The molecule has 2 fully saturated rings. The van der Waals surface area contributed by atoms with E-state index in [0.717, 1.165) is 26.2 Å². The van der Waals surface area contributed by atoms with Gasteiger partial charge in [0.25, 0.3) is 0 Å². The Balaban J connectivity index is 0.00000520. The molecule has 24 aromatic rings. The molecule has 9 aliphatic carbocycles. The molecule has 1 saturated heterocycles. The minimum atomic E-state index is -1.91. The molecule has 0 aromatic heterocycles. The van der Waals surface area contributed by atoms with Crippen molar-refractivity contribution in [1.82, 2.24) is 4.90 Å². The van der Waals surface area contributed by atoms with Crippen molar-refractivity contribution < 1.29 is 75.1 Å². The Morgan fingerprint density at radius 1 is 0.290 bits per heavy atom. The van der Waals surface area contributed by atoms with E-state index >= 15 is 9.59 Å². The van der Waals surface area contributed by atoms with Crippen LogP contribution in [0.15, 0.2) is 0 Å². The van der Waals surface area contributed by atoms with Crippen LogP contribution in [0.1, 0.15) is 44.5 Å². The smallest absolute Gasteiger partial charge is 0.326 e. The van der Waals surface area contributed by atoms with E-state index in [4.69, 9.17) is 47.4 Å². The van der Waals surface area contributed by atoms with Crippen molar-refractivity contribution >= 4 is 260 Å². The van der Waals surface area contributed by atoms with Gasteiger partial charge in [-0.3, -0.25) is 14.5 Å². The zero-order valence-electron chi connectivity index (χ0n) is 54.1. The van der Waals surface area contributed by atoms with Gasteiger partial charge < -0.3 is 65.5 Å². The van der Waals surface area contributed by atoms with E-state index in [-0.39, 0.29) is 38.8 Å². The topological polar surface area (TPSA) is 157 Å². The Hall–Kier alpha value is -8.45. The second-order valence-electron chi connectivity index (χ2n) is 32.6. The maximum absolute atomic E-state index is 17.8. The summed E-state index contributed by atoms with van der Waals surface area (Å²) in [4.78, 5) is 38.6. The monoisotopic (exact) mass is 1320 g/mol. The van der Waals surface area contributed by atoms with Crippen LogP contribution in [0, 0.1) is 5.41 Å². The van der Waals surface area contributed by atoms with Gasteiger partial charge >= 0.3 is 11.9 Å². The van der Waals surface area contributed by atoms with Crippen LogP contribution in [0.5, 0.6) is 0 Å². The summed E-state index contributed by atoms with van der Waals surface area (Å²) in [6.07, 6.45) is 0. The van der Waals surface area contributed by atoms with Gasteiger partial charge in [-0.1, -0.05) is 0 Å². The number of benzene rings is 16. The Morgan fingerprint density at radius 3 is 0.830 bits per heavy atom. The predicted molar refractivity (Wildman–Crippen MR) is 383 cm³/mol. The number of hydrogen-bond donors (Lipinski definition) is 1. The summed E-state index contributed by atoms with van der Waals surface area (Å²) in [7, 11) is 3.34. The highest BCUT2D eigenvalue weighted by atomic mass is 35.5. The third kappa shape index (κ3) is 3.52. The first-order valence-electron chi connectivity index (χ1n) is 36.4. The van der Waals surface area contributed by atoms with Crippen molar-refractivity contribution in [3.05, 3.63) is 44.5 Å². The van der Waals surface area contributed by atoms with Crippen molar-refractivity contribution in [1.29, 1.82) is 0 Å². The molecule has 14 nitrogen and oxygen atoms in total. The van der Waals surface area contributed by atoms with Gasteiger partial charge in [0, 0.05) is 33.9 Å². The molecule has 0 amide bonds. The number of ether oxygens (including phenoxy) is 10. The van der Waals surface area contributed by atoms with E-state index in [9.17, 15) is 0 Å². The van der Waals surface area contributed by atoms with E-state index in [1.807, 2.05) is 0 Å². The molecular formula is C85H49ClN2O12. The van der Waals surface area contributed by atoms with E-state index in [0.29, 0.717) is 79.3 Å². The number of quaternary nitrogens is 1. The van der Waals surface area contributed by atoms with Crippen LogP contribution in [-0.4, -0.2) is 163 Å². The number of hydrogen-bond acceptors (Lipinski definition) is 13. The second kappa shape index (κ2) is 13.9. The second-order valence-corrected chi connectivity index (χ2v) is 32.6. The fourth-order valence-corrected chi connectivity index (χ4v) is 29.9. The summed E-state index contributed by atoms with van der Waals surface area (Å²) in [5.74, 6) is -1.02. The average molecular weight is 1330 g/mol. The predicted octanol–water partition coefficient (Wildman–Crippen LogP) is 9.85. The summed E-state index contributed by atoms with van der Waals surface area (Å²) in [5, 5.41) is 67.0. The van der Waals surface area contributed by atoms with E-state index in [2.05, 4.69) is 10.6 Å². The van der Waals surface area contributed by atoms with Crippen molar-refractivity contribution in [2.75, 3.05) is 146 Å². The molecule has 1 heterocycles. The van der Waals surface area contributed by atoms with Gasteiger partial charge in [0.05, 0.1) is 121 Å². The fraction of sp³-hybridized carbons (Fsp3) is 0.318. The molecule has 24 aromatic carbocycles. The number of carbonyl (C=O) groups is 2. The summed E-state index contributed by atoms with van der Waals surface area (Å²) in [5.41, 5.74) is 12.4. The van der Waals surface area contributed by atoms with Gasteiger partial charge in [-0.25, -0.2) is 0 Å². The number of methoxy groups -OCH3 is 2. The van der Waals surface area contributed by atoms with Gasteiger partial charge in [0.2, 0.25) is 0 Å². The highest BCUT2D eigenvalue weighted by Gasteiger charge is 3.02. The summed E-state index contributed by atoms with van der Waals surface area (Å²) in [6, 6.07) is 0. The Bertz CT molecular complexity index is 7550. The van der Waals surface area contributed by atoms with Gasteiger partial charge in [0.1, 0.15) is 13.2 Å². The van der Waals surface area contributed by atoms with Crippen molar-refractivity contribution in [2.45, 2.75) is 21.7 Å². The van der Waals surface area contributed by atoms with Gasteiger partial charge in [-0.2, -0.15) is 0 Å². The molecule has 100 heavy (non-hydrogen) atoms. The number of likely N-dealkylation sites (tertiary alicyclic amines) is 1. The maximum atomic E-state index is 17.8. The zero-order valence-corrected chi connectivity index (χ0v) is 54.8. The highest BCUT2D eigenvalue weighted by Crippen LogP contribution is 2.98. The van der Waals surface area contributed by atoms with Gasteiger partial charge in [0.15, 0.2) is 5.41 Å². The first-order chi connectivity index (χ1) is 49.1. The van der Waals surface area contributed by atoms with Crippen LogP contribution in [-0.2, 0) is 78.6 Å². The molecule has 4 spiro atoms. The molecule has 1 aliphatic heterocycles. The molecule has 15 heteroatoms. The number of halogens is 1. The molecule has 0 radical (unpaired) electrons. The number of esters is 2. The first-order valence-corrected chi connectivity index (χ1v) is 36.4. The van der Waals surface area contributed by atoms with Crippen LogP contribution in [0.25, 0.3) is 259 Å². The summed E-state index contributed by atoms with van der Waals surface area (Å²) < 4.78 is 61.7. The fourth-order valence-electron chi connectivity index (χ4n) is 29.9. The molecule has 10 aliphatic rings. The number of nitrogens with zero attached hydrogens (tertiary/aromatic N) is 1. The van der Waals surface area contributed by atoms with Crippen LogP contribution >= 0.6 is 0 Å². The molecule has 478 valence electrons. The zero-order chi connectivity index (χ0) is 62.8. The maximum Gasteiger partial charge on any atom is 0.326 e. The van der Waals surface area contributed by atoms with E-state index in [1.54, 1.807) is 57.7 Å². The van der Waals surface area contributed by atoms with Crippen LogP contribution in [0.2, 0.25) is 0 Å². The normalized spacial score (nSPS) is 23.5. The number of carbonyl (C=O) groups excluding carboxylic acids is 2. The lowest BCUT2D eigenvalue weighted by atomic mass is 9.50. The van der Waals surface area contributed by atoms with Gasteiger partial charge in [-0.05, 0) is 303 Å². The minimum Gasteiger partial charge on any atom is -1.00 e. The molecule has 3 N–H and O–H groups in total. The quantitative estimate of drug-likeness (QED) is 0.0214. The highest BCUT2D eigenvalue weighted by molar-refractivity contribution is 6.79. The van der Waals surface area contributed by atoms with Crippen LogP contribution in [0.4, 0.5) is 0 Å². The Labute approximate surface area is 565 Å². The molecular weight excluding hydrogens is 1280 g/mol. The van der Waals surface area contributed by atoms with Crippen LogP contribution < -0.4 is 18.1 Å². The van der Waals surface area contributed by atoms with Crippen LogP contribution in [0.3, 0.4) is 0 Å². The molecule has 1 saturated carbocycles. The van der Waals surface area contributed by atoms with Gasteiger partial charge in [-0.15, -0.1) is 0 Å². The largest absolute Gasteiger partial charge is 1.00 e. The lowest BCUT2D eigenvalue weighted by molar-refractivity contribution is -0.374. The molecule has 34 rings (SSSR count).